The molecule has 4 rings (SSSR count). The van der Waals surface area contributed by atoms with Gasteiger partial charge in [0.15, 0.2) is 11.5 Å². The van der Waals surface area contributed by atoms with Crippen molar-refractivity contribution in [3.63, 3.8) is 0 Å². The number of nitrogens with zero attached hydrogens (tertiary/aromatic N) is 3. The van der Waals surface area contributed by atoms with Gasteiger partial charge >= 0.3 is 12.5 Å². The number of pyridine rings is 1. The first-order valence-corrected chi connectivity index (χ1v) is 14.2. The minimum absolute atomic E-state index is 0.000797. The molecule has 0 radical (unpaired) electrons. The Hall–Kier alpha value is -4.35. The number of benzene rings is 2. The minimum atomic E-state index is -4.78. The van der Waals surface area contributed by atoms with Crippen LogP contribution in [-0.4, -0.2) is 68.4 Å². The number of amides is 1. The van der Waals surface area contributed by atoms with Crippen LogP contribution in [0.3, 0.4) is 0 Å². The third-order valence-corrected chi connectivity index (χ3v) is 7.10. The van der Waals surface area contributed by atoms with Crippen molar-refractivity contribution in [3.05, 3.63) is 60.3 Å². The molecule has 1 saturated heterocycles. The maximum Gasteiger partial charge on any atom is 0.573 e. The standard InChI is InChI=1S/C32H38F3N3O6/c1-31(2,3)44-30(39)37-15-12-24(13-16-37)38(23-7-9-25(10-8-23)43-32(33,34)35)20-21-11-14-36-26(17-21)22-18-27(40-4)29(42-6)28(19-22)41-5/h7-11,14,17-19,24H,12-13,15-16,20H2,1-6H3. The van der Waals surface area contributed by atoms with E-state index in [0.29, 0.717) is 55.4 Å². The molecule has 1 fully saturated rings. The van der Waals surface area contributed by atoms with E-state index in [1.165, 1.54) is 19.2 Å². The van der Waals surface area contributed by atoms with Gasteiger partial charge in [-0.2, -0.15) is 0 Å². The summed E-state index contributed by atoms with van der Waals surface area (Å²) in [4.78, 5) is 21.0. The molecule has 1 amide bonds. The zero-order valence-electron chi connectivity index (χ0n) is 25.7. The van der Waals surface area contributed by atoms with E-state index in [2.05, 4.69) is 14.6 Å². The number of halogens is 3. The van der Waals surface area contributed by atoms with Crippen LogP contribution in [0.5, 0.6) is 23.0 Å². The van der Waals surface area contributed by atoms with E-state index in [-0.39, 0.29) is 17.9 Å². The van der Waals surface area contributed by atoms with Gasteiger partial charge in [-0.15, -0.1) is 13.2 Å². The Labute approximate surface area is 255 Å². The normalized spacial score (nSPS) is 14.2. The van der Waals surface area contributed by atoms with Crippen molar-refractivity contribution in [1.29, 1.82) is 0 Å². The molecule has 0 spiro atoms. The van der Waals surface area contributed by atoms with Gasteiger partial charge in [-0.3, -0.25) is 4.98 Å². The topological polar surface area (TPSA) is 82.6 Å². The fraction of sp³-hybridized carbons (Fsp3) is 0.438. The van der Waals surface area contributed by atoms with E-state index in [0.717, 1.165) is 16.8 Å². The number of alkyl halides is 3. The highest BCUT2D eigenvalue weighted by Crippen LogP contribution is 2.41. The van der Waals surface area contributed by atoms with E-state index < -0.39 is 12.0 Å². The van der Waals surface area contributed by atoms with Crippen LogP contribution in [0, 0.1) is 0 Å². The second-order valence-electron chi connectivity index (χ2n) is 11.3. The third kappa shape index (κ3) is 8.39. The van der Waals surface area contributed by atoms with Crippen molar-refractivity contribution in [1.82, 2.24) is 9.88 Å². The second kappa shape index (κ2) is 13.5. The summed E-state index contributed by atoms with van der Waals surface area (Å²) in [6, 6.07) is 13.3. The number of rotatable bonds is 9. The molecule has 0 unspecified atom stereocenters. The summed E-state index contributed by atoms with van der Waals surface area (Å²) in [7, 11) is 4.62. The molecular weight excluding hydrogens is 579 g/mol. The number of aromatic nitrogens is 1. The summed E-state index contributed by atoms with van der Waals surface area (Å²) in [6.07, 6.45) is -2.15. The molecule has 2 aromatic carbocycles. The van der Waals surface area contributed by atoms with Crippen LogP contribution >= 0.6 is 0 Å². The number of methoxy groups -OCH3 is 3. The predicted molar refractivity (Wildman–Crippen MR) is 159 cm³/mol. The lowest BCUT2D eigenvalue weighted by Gasteiger charge is -2.40. The van der Waals surface area contributed by atoms with Gasteiger partial charge in [0, 0.05) is 43.1 Å². The van der Waals surface area contributed by atoms with Crippen LogP contribution in [-0.2, 0) is 11.3 Å². The van der Waals surface area contributed by atoms with Crippen LogP contribution in [0.2, 0.25) is 0 Å². The van der Waals surface area contributed by atoms with E-state index >= 15 is 0 Å². The molecule has 0 atom stereocenters. The molecule has 9 nitrogen and oxygen atoms in total. The Morgan fingerprint density at radius 3 is 2.07 bits per heavy atom. The van der Waals surface area contributed by atoms with Gasteiger partial charge in [-0.25, -0.2) is 4.79 Å². The Bertz CT molecular complexity index is 1390. The van der Waals surface area contributed by atoms with Gasteiger partial charge in [0.25, 0.3) is 0 Å². The summed E-state index contributed by atoms with van der Waals surface area (Å²) in [6.45, 7) is 6.89. The molecule has 1 aliphatic rings. The lowest BCUT2D eigenvalue weighted by Crippen LogP contribution is -2.48. The number of likely N-dealkylation sites (tertiary alicyclic amines) is 1. The number of hydrogen-bond donors (Lipinski definition) is 0. The molecule has 0 aliphatic carbocycles. The van der Waals surface area contributed by atoms with Crippen LogP contribution in [0.4, 0.5) is 23.7 Å². The van der Waals surface area contributed by atoms with Crippen molar-refractivity contribution >= 4 is 11.8 Å². The Balaban J connectivity index is 1.62. The molecule has 12 heteroatoms. The molecule has 2 heterocycles. The van der Waals surface area contributed by atoms with Gasteiger partial charge < -0.3 is 33.5 Å². The molecule has 0 saturated carbocycles. The molecular formula is C32H38F3N3O6. The SMILES string of the molecule is COc1cc(-c2cc(CN(c3ccc(OC(F)(F)F)cc3)C3CCN(C(=O)OC(C)(C)C)CC3)ccn2)cc(OC)c1OC. The van der Waals surface area contributed by atoms with Gasteiger partial charge in [0.2, 0.25) is 5.75 Å². The third-order valence-electron chi connectivity index (χ3n) is 7.10. The zero-order chi connectivity index (χ0) is 32.1. The maximum atomic E-state index is 12.8. The van der Waals surface area contributed by atoms with Crippen molar-refractivity contribution in [3.8, 4) is 34.3 Å². The summed E-state index contributed by atoms with van der Waals surface area (Å²) in [5, 5.41) is 0. The maximum absolute atomic E-state index is 12.8. The van der Waals surface area contributed by atoms with Gasteiger partial charge in [0.05, 0.1) is 27.0 Å². The average Bonchev–Trinajstić information content (AvgIpc) is 2.98. The van der Waals surface area contributed by atoms with E-state index in [1.807, 2.05) is 45.0 Å². The Morgan fingerprint density at radius 1 is 0.932 bits per heavy atom. The van der Waals surface area contributed by atoms with Crippen LogP contribution in [0.15, 0.2) is 54.7 Å². The zero-order valence-corrected chi connectivity index (χ0v) is 25.7. The molecule has 1 aromatic heterocycles. The highest BCUT2D eigenvalue weighted by atomic mass is 19.4. The monoisotopic (exact) mass is 617 g/mol. The van der Waals surface area contributed by atoms with Crippen LogP contribution in [0.1, 0.15) is 39.2 Å². The fourth-order valence-electron chi connectivity index (χ4n) is 5.11. The minimum Gasteiger partial charge on any atom is -0.493 e. The number of ether oxygens (including phenoxy) is 5. The highest BCUT2D eigenvalue weighted by Gasteiger charge is 2.32. The number of carbonyl (C=O) groups excluding carboxylic acids is 1. The van der Waals surface area contributed by atoms with Gasteiger partial charge in [0.1, 0.15) is 11.4 Å². The summed E-state index contributed by atoms with van der Waals surface area (Å²) in [5.41, 5.74) is 2.48. The number of piperidine rings is 1. The lowest BCUT2D eigenvalue weighted by molar-refractivity contribution is -0.274. The highest BCUT2D eigenvalue weighted by molar-refractivity contribution is 5.69. The summed E-state index contributed by atoms with van der Waals surface area (Å²) >= 11 is 0. The smallest absolute Gasteiger partial charge is 0.493 e. The quantitative estimate of drug-likeness (QED) is 0.252. The fourth-order valence-corrected chi connectivity index (χ4v) is 5.11. The van der Waals surface area contributed by atoms with Crippen LogP contribution in [0.25, 0.3) is 11.3 Å². The summed E-state index contributed by atoms with van der Waals surface area (Å²) < 4.78 is 64.5. The first kappa shape index (κ1) is 32.6. The predicted octanol–water partition coefficient (Wildman–Crippen LogP) is 7.08. The lowest BCUT2D eigenvalue weighted by atomic mass is 10.0. The Kier molecular flexibility index (Phi) is 10.0. The second-order valence-corrected chi connectivity index (χ2v) is 11.3. The van der Waals surface area contributed by atoms with Crippen LogP contribution < -0.4 is 23.8 Å². The van der Waals surface area contributed by atoms with Crippen molar-refractivity contribution < 1.29 is 41.7 Å². The first-order valence-electron chi connectivity index (χ1n) is 14.2. The largest absolute Gasteiger partial charge is 0.573 e. The molecule has 0 bridgehead atoms. The van der Waals surface area contributed by atoms with Crippen molar-refractivity contribution in [2.75, 3.05) is 39.3 Å². The molecule has 1 aliphatic heterocycles. The van der Waals surface area contributed by atoms with E-state index in [1.54, 1.807) is 37.4 Å². The Morgan fingerprint density at radius 2 is 1.55 bits per heavy atom. The molecule has 44 heavy (non-hydrogen) atoms. The molecule has 238 valence electrons. The van der Waals surface area contributed by atoms with Crippen molar-refractivity contribution in [2.24, 2.45) is 0 Å². The average molecular weight is 618 g/mol. The number of hydrogen-bond acceptors (Lipinski definition) is 8. The molecule has 3 aromatic rings. The number of anilines is 1. The van der Waals surface area contributed by atoms with Crippen molar-refractivity contribution in [2.45, 2.75) is 58.2 Å². The van der Waals surface area contributed by atoms with Gasteiger partial charge in [-0.05, 0) is 87.7 Å². The number of carbonyl (C=O) groups is 1. The van der Waals surface area contributed by atoms with Gasteiger partial charge in [-0.1, -0.05) is 0 Å². The van der Waals surface area contributed by atoms with E-state index in [4.69, 9.17) is 18.9 Å². The first-order chi connectivity index (χ1) is 20.8. The molecule has 0 N–H and O–H groups in total. The van der Waals surface area contributed by atoms with E-state index in [9.17, 15) is 18.0 Å². The summed E-state index contributed by atoms with van der Waals surface area (Å²) in [5.74, 6) is 1.16.